The van der Waals surface area contributed by atoms with Crippen LogP contribution in [0.5, 0.6) is 0 Å². The summed E-state index contributed by atoms with van der Waals surface area (Å²) in [5.41, 5.74) is 2.46. The lowest BCUT2D eigenvalue weighted by Crippen LogP contribution is -2.13. The Labute approximate surface area is 124 Å². The van der Waals surface area contributed by atoms with Crippen LogP contribution in [0.2, 0.25) is 0 Å². The second kappa shape index (κ2) is 5.09. The third-order valence-electron chi connectivity index (χ3n) is 3.08. The molecule has 5 heteroatoms. The first kappa shape index (κ1) is 12.9. The normalized spacial score (nSPS) is 10.7. The predicted molar refractivity (Wildman–Crippen MR) is 82.9 cm³/mol. The number of nitrogens with zero attached hydrogens (tertiary/aromatic N) is 1. The Morgan fingerprint density at radius 3 is 2.90 bits per heavy atom. The molecule has 3 rings (SSSR count). The van der Waals surface area contributed by atoms with Gasteiger partial charge in [-0.3, -0.25) is 4.79 Å². The second-order valence-corrected chi connectivity index (χ2v) is 5.35. The lowest BCUT2D eigenvalue weighted by molar-refractivity contribution is 0.102. The van der Waals surface area contributed by atoms with Crippen LogP contribution in [0.3, 0.4) is 0 Å². The van der Waals surface area contributed by atoms with Gasteiger partial charge < -0.3 is 10.3 Å². The van der Waals surface area contributed by atoms with E-state index in [1.807, 2.05) is 37.4 Å². The van der Waals surface area contributed by atoms with Gasteiger partial charge in [-0.25, -0.2) is 4.98 Å². The minimum absolute atomic E-state index is 0.165. The number of amides is 1. The number of carbonyl (C=O) groups excluding carboxylic acids is 1. The summed E-state index contributed by atoms with van der Waals surface area (Å²) < 4.78 is 0.921. The molecule has 2 heterocycles. The largest absolute Gasteiger partial charge is 0.361 e. The molecule has 0 bridgehead atoms. The molecule has 2 N–H and O–H groups in total. The maximum Gasteiger partial charge on any atom is 0.256 e. The van der Waals surface area contributed by atoms with Crippen molar-refractivity contribution in [1.29, 1.82) is 0 Å². The minimum atomic E-state index is -0.165. The molecule has 0 saturated heterocycles. The van der Waals surface area contributed by atoms with E-state index in [4.69, 9.17) is 0 Å². The molecule has 3 aromatic rings. The van der Waals surface area contributed by atoms with Crippen LogP contribution in [-0.2, 0) is 0 Å². The van der Waals surface area contributed by atoms with E-state index in [-0.39, 0.29) is 5.91 Å². The molecule has 0 saturated carbocycles. The van der Waals surface area contributed by atoms with Gasteiger partial charge in [0.15, 0.2) is 0 Å². The van der Waals surface area contributed by atoms with Gasteiger partial charge in [-0.15, -0.1) is 0 Å². The standard InChI is InChI=1S/C15H12BrN3O/c1-9-12(16)3-5-14(18-9)19-15(20)11-2-4-13-10(8-11)6-7-17-13/h2-8,17H,1H3,(H,18,19,20). The molecular weight excluding hydrogens is 318 g/mol. The zero-order valence-electron chi connectivity index (χ0n) is 10.8. The van der Waals surface area contributed by atoms with Crippen molar-refractivity contribution < 1.29 is 4.79 Å². The molecule has 0 radical (unpaired) electrons. The van der Waals surface area contributed by atoms with Crippen molar-refractivity contribution in [3.63, 3.8) is 0 Å². The van der Waals surface area contributed by atoms with Crippen LogP contribution in [0.25, 0.3) is 10.9 Å². The van der Waals surface area contributed by atoms with Crippen molar-refractivity contribution in [3.8, 4) is 0 Å². The summed E-state index contributed by atoms with van der Waals surface area (Å²) in [5, 5.41) is 3.81. The van der Waals surface area contributed by atoms with E-state index in [0.717, 1.165) is 21.1 Å². The Balaban J connectivity index is 1.86. The summed E-state index contributed by atoms with van der Waals surface area (Å²) in [6.45, 7) is 1.88. The number of hydrogen-bond acceptors (Lipinski definition) is 2. The lowest BCUT2D eigenvalue weighted by Gasteiger charge is -2.06. The first-order valence-corrected chi connectivity index (χ1v) is 6.94. The number of hydrogen-bond donors (Lipinski definition) is 2. The van der Waals surface area contributed by atoms with Crippen molar-refractivity contribution in [3.05, 3.63) is 58.3 Å². The summed E-state index contributed by atoms with van der Waals surface area (Å²) in [7, 11) is 0. The van der Waals surface area contributed by atoms with E-state index >= 15 is 0 Å². The van der Waals surface area contributed by atoms with Gasteiger partial charge in [-0.05, 0) is 59.3 Å². The van der Waals surface area contributed by atoms with E-state index in [0.29, 0.717) is 11.4 Å². The van der Waals surface area contributed by atoms with Crippen LogP contribution in [0.1, 0.15) is 16.1 Å². The van der Waals surface area contributed by atoms with Crippen LogP contribution in [0.15, 0.2) is 47.1 Å². The molecule has 0 aliphatic rings. The molecular formula is C15H12BrN3O. The number of H-pyrrole nitrogens is 1. The first-order valence-electron chi connectivity index (χ1n) is 6.15. The minimum Gasteiger partial charge on any atom is -0.361 e. The molecule has 1 amide bonds. The number of aromatic amines is 1. The Bertz CT molecular complexity index is 795. The van der Waals surface area contributed by atoms with E-state index in [9.17, 15) is 4.79 Å². The van der Waals surface area contributed by atoms with Crippen molar-refractivity contribution in [2.24, 2.45) is 0 Å². The molecule has 0 unspecified atom stereocenters. The van der Waals surface area contributed by atoms with Gasteiger partial charge in [0.25, 0.3) is 5.91 Å². The van der Waals surface area contributed by atoms with Gasteiger partial charge in [-0.1, -0.05) is 0 Å². The average Bonchev–Trinajstić information content (AvgIpc) is 2.90. The van der Waals surface area contributed by atoms with Crippen LogP contribution in [0.4, 0.5) is 5.82 Å². The highest BCUT2D eigenvalue weighted by atomic mass is 79.9. The fraction of sp³-hybridized carbons (Fsp3) is 0.0667. The zero-order chi connectivity index (χ0) is 14.1. The number of rotatable bonds is 2. The molecule has 0 aliphatic carbocycles. The van der Waals surface area contributed by atoms with Gasteiger partial charge in [0.1, 0.15) is 5.82 Å². The third-order valence-corrected chi connectivity index (χ3v) is 3.92. The summed E-state index contributed by atoms with van der Waals surface area (Å²) in [5.74, 6) is 0.382. The van der Waals surface area contributed by atoms with Crippen LogP contribution < -0.4 is 5.32 Å². The van der Waals surface area contributed by atoms with E-state index < -0.39 is 0 Å². The molecule has 1 aromatic carbocycles. The number of pyridine rings is 1. The smallest absolute Gasteiger partial charge is 0.256 e. The fourth-order valence-electron chi connectivity index (χ4n) is 2.00. The summed E-state index contributed by atoms with van der Waals surface area (Å²) in [6, 6.07) is 11.1. The van der Waals surface area contributed by atoms with Crippen molar-refractivity contribution in [1.82, 2.24) is 9.97 Å². The van der Waals surface area contributed by atoms with Crippen molar-refractivity contribution in [2.45, 2.75) is 6.92 Å². The lowest BCUT2D eigenvalue weighted by atomic mass is 10.1. The summed E-state index contributed by atoms with van der Waals surface area (Å²) >= 11 is 3.38. The molecule has 0 aliphatic heterocycles. The highest BCUT2D eigenvalue weighted by molar-refractivity contribution is 9.10. The molecule has 2 aromatic heterocycles. The van der Waals surface area contributed by atoms with E-state index in [1.165, 1.54) is 0 Å². The second-order valence-electron chi connectivity index (χ2n) is 4.50. The van der Waals surface area contributed by atoms with E-state index in [2.05, 4.69) is 31.2 Å². The van der Waals surface area contributed by atoms with Gasteiger partial charge in [0.05, 0.1) is 5.69 Å². The number of aromatic nitrogens is 2. The molecule has 20 heavy (non-hydrogen) atoms. The van der Waals surface area contributed by atoms with Gasteiger partial charge in [-0.2, -0.15) is 0 Å². The molecule has 0 atom stereocenters. The SMILES string of the molecule is Cc1nc(NC(=O)c2ccc3[nH]ccc3c2)ccc1Br. The molecule has 4 nitrogen and oxygen atoms in total. The van der Waals surface area contributed by atoms with Crippen LogP contribution in [0, 0.1) is 6.92 Å². The maximum absolute atomic E-state index is 12.2. The summed E-state index contributed by atoms with van der Waals surface area (Å²) in [4.78, 5) is 19.6. The van der Waals surface area contributed by atoms with Crippen molar-refractivity contribution >= 4 is 38.6 Å². The fourth-order valence-corrected chi connectivity index (χ4v) is 2.22. The zero-order valence-corrected chi connectivity index (χ0v) is 12.4. The van der Waals surface area contributed by atoms with Crippen LogP contribution in [-0.4, -0.2) is 15.9 Å². The number of benzene rings is 1. The number of fused-ring (bicyclic) bond motifs is 1. The Morgan fingerprint density at radius 1 is 1.25 bits per heavy atom. The number of aryl methyl sites for hydroxylation is 1. The number of carbonyl (C=O) groups is 1. The Hall–Kier alpha value is -2.14. The first-order chi connectivity index (χ1) is 9.63. The third kappa shape index (κ3) is 2.44. The monoisotopic (exact) mass is 329 g/mol. The predicted octanol–water partition coefficient (Wildman–Crippen LogP) is 3.89. The topological polar surface area (TPSA) is 57.8 Å². The maximum atomic E-state index is 12.2. The van der Waals surface area contributed by atoms with Crippen molar-refractivity contribution in [2.75, 3.05) is 5.32 Å². The average molecular weight is 330 g/mol. The Morgan fingerprint density at radius 2 is 2.10 bits per heavy atom. The number of nitrogens with one attached hydrogen (secondary N) is 2. The van der Waals surface area contributed by atoms with Gasteiger partial charge in [0.2, 0.25) is 0 Å². The highest BCUT2D eigenvalue weighted by Crippen LogP contribution is 2.18. The number of halogens is 1. The quantitative estimate of drug-likeness (QED) is 0.749. The van der Waals surface area contributed by atoms with Gasteiger partial charge >= 0.3 is 0 Å². The van der Waals surface area contributed by atoms with E-state index in [1.54, 1.807) is 12.1 Å². The van der Waals surface area contributed by atoms with Gasteiger partial charge in [0, 0.05) is 27.1 Å². The molecule has 0 spiro atoms. The van der Waals surface area contributed by atoms with Crippen LogP contribution >= 0.6 is 15.9 Å². The number of anilines is 1. The Kier molecular flexibility index (Phi) is 3.28. The molecule has 0 fully saturated rings. The molecule has 100 valence electrons. The summed E-state index contributed by atoms with van der Waals surface area (Å²) in [6.07, 6.45) is 1.85. The highest BCUT2D eigenvalue weighted by Gasteiger charge is 2.08.